The Bertz CT molecular complexity index is 794. The van der Waals surface area contributed by atoms with Gasteiger partial charge in [-0.25, -0.2) is 9.97 Å². The van der Waals surface area contributed by atoms with E-state index in [4.69, 9.17) is 4.74 Å². The van der Waals surface area contributed by atoms with Crippen molar-refractivity contribution >= 4 is 16.9 Å². The van der Waals surface area contributed by atoms with Gasteiger partial charge in [0, 0.05) is 20.6 Å². The lowest BCUT2D eigenvalue weighted by atomic mass is 10.2. The fourth-order valence-electron chi connectivity index (χ4n) is 2.48. The van der Waals surface area contributed by atoms with Gasteiger partial charge in [0.1, 0.15) is 17.4 Å². The Kier molecular flexibility index (Phi) is 3.66. The van der Waals surface area contributed by atoms with Crippen LogP contribution in [0.25, 0.3) is 11.0 Å². The number of hydrogen-bond acceptors (Lipinski definition) is 5. The molecule has 3 rings (SSSR count). The van der Waals surface area contributed by atoms with Crippen molar-refractivity contribution < 1.29 is 4.74 Å². The molecule has 6 nitrogen and oxygen atoms in total. The number of benzene rings is 1. The summed E-state index contributed by atoms with van der Waals surface area (Å²) in [6.07, 6.45) is 1.81. The minimum atomic E-state index is 0.743. The van der Waals surface area contributed by atoms with E-state index < -0.39 is 0 Å². The molecule has 2 heterocycles. The summed E-state index contributed by atoms with van der Waals surface area (Å²) in [6.45, 7) is 2.65. The van der Waals surface area contributed by atoms with Crippen LogP contribution in [0.3, 0.4) is 0 Å². The van der Waals surface area contributed by atoms with E-state index in [2.05, 4.69) is 32.1 Å². The van der Waals surface area contributed by atoms with Crippen LogP contribution in [0.4, 0.5) is 5.82 Å². The highest BCUT2D eigenvalue weighted by Gasteiger charge is 2.13. The molecular weight excluding hydrogens is 278 g/mol. The van der Waals surface area contributed by atoms with Crippen molar-refractivity contribution in [3.05, 3.63) is 41.9 Å². The van der Waals surface area contributed by atoms with Gasteiger partial charge in [0.15, 0.2) is 5.65 Å². The number of methoxy groups -OCH3 is 1. The number of hydrogen-bond donors (Lipinski definition) is 0. The zero-order valence-corrected chi connectivity index (χ0v) is 13.2. The van der Waals surface area contributed by atoms with Gasteiger partial charge in [-0.15, -0.1) is 0 Å². The molecule has 6 heteroatoms. The van der Waals surface area contributed by atoms with Crippen molar-refractivity contribution in [2.75, 3.05) is 19.1 Å². The number of nitrogens with zero attached hydrogens (tertiary/aromatic N) is 5. The summed E-state index contributed by atoms with van der Waals surface area (Å²) in [5, 5.41) is 5.24. The number of aromatic nitrogens is 4. The smallest absolute Gasteiger partial charge is 0.163 e. The highest BCUT2D eigenvalue weighted by atomic mass is 16.5. The van der Waals surface area contributed by atoms with E-state index in [-0.39, 0.29) is 0 Å². The summed E-state index contributed by atoms with van der Waals surface area (Å²) >= 11 is 0. The second-order valence-electron chi connectivity index (χ2n) is 5.30. The Hall–Kier alpha value is -2.63. The number of fused-ring (bicyclic) bond motifs is 1. The van der Waals surface area contributed by atoms with Crippen molar-refractivity contribution in [1.82, 2.24) is 19.7 Å². The predicted molar refractivity (Wildman–Crippen MR) is 86.1 cm³/mol. The van der Waals surface area contributed by atoms with E-state index in [1.807, 2.05) is 39.3 Å². The molecule has 114 valence electrons. The third kappa shape index (κ3) is 2.59. The standard InChI is InChI=1S/C16H19N5O/c1-11-18-15(14-9-17-21(3)16(14)19-11)20(2)10-12-5-7-13(22-4)8-6-12/h5-9H,10H2,1-4H3. The van der Waals surface area contributed by atoms with Crippen molar-refractivity contribution in [3.63, 3.8) is 0 Å². The molecule has 0 aliphatic carbocycles. The van der Waals surface area contributed by atoms with Crippen LogP contribution in [-0.4, -0.2) is 33.9 Å². The Balaban J connectivity index is 1.92. The lowest BCUT2D eigenvalue weighted by Crippen LogP contribution is -2.18. The van der Waals surface area contributed by atoms with Gasteiger partial charge in [-0.3, -0.25) is 4.68 Å². The molecule has 3 aromatic rings. The lowest BCUT2D eigenvalue weighted by Gasteiger charge is -2.19. The van der Waals surface area contributed by atoms with E-state index in [9.17, 15) is 0 Å². The number of ether oxygens (including phenoxy) is 1. The quantitative estimate of drug-likeness (QED) is 0.739. The molecule has 0 bridgehead atoms. The topological polar surface area (TPSA) is 56.1 Å². The van der Waals surface area contributed by atoms with Gasteiger partial charge in [-0.1, -0.05) is 12.1 Å². The van der Waals surface area contributed by atoms with Gasteiger partial charge in [-0.2, -0.15) is 5.10 Å². The van der Waals surface area contributed by atoms with Crippen LogP contribution in [0.2, 0.25) is 0 Å². The molecule has 0 saturated heterocycles. The first-order valence-corrected chi connectivity index (χ1v) is 7.09. The molecule has 2 aromatic heterocycles. The van der Waals surface area contributed by atoms with Crippen LogP contribution < -0.4 is 9.64 Å². The van der Waals surface area contributed by atoms with Crippen molar-refractivity contribution in [2.45, 2.75) is 13.5 Å². The average Bonchev–Trinajstić information content (AvgIpc) is 2.88. The Morgan fingerprint density at radius 2 is 1.91 bits per heavy atom. The second-order valence-corrected chi connectivity index (χ2v) is 5.30. The maximum absolute atomic E-state index is 5.19. The molecule has 0 fully saturated rings. The van der Waals surface area contributed by atoms with Crippen LogP contribution in [0.1, 0.15) is 11.4 Å². The lowest BCUT2D eigenvalue weighted by molar-refractivity contribution is 0.414. The molecule has 0 aliphatic heterocycles. The third-order valence-corrected chi connectivity index (χ3v) is 3.62. The first-order valence-electron chi connectivity index (χ1n) is 7.09. The summed E-state index contributed by atoms with van der Waals surface area (Å²) in [4.78, 5) is 11.1. The molecule has 1 aromatic carbocycles. The van der Waals surface area contributed by atoms with Gasteiger partial charge in [0.25, 0.3) is 0 Å². The van der Waals surface area contributed by atoms with Crippen LogP contribution in [-0.2, 0) is 13.6 Å². The minimum absolute atomic E-state index is 0.743. The molecule has 0 N–H and O–H groups in total. The van der Waals surface area contributed by atoms with Gasteiger partial charge >= 0.3 is 0 Å². The first-order chi connectivity index (χ1) is 10.6. The van der Waals surface area contributed by atoms with Gasteiger partial charge in [-0.05, 0) is 24.6 Å². The molecule has 0 aliphatic rings. The highest BCUT2D eigenvalue weighted by Crippen LogP contribution is 2.24. The Morgan fingerprint density at radius 3 is 2.59 bits per heavy atom. The molecule has 0 spiro atoms. The van der Waals surface area contributed by atoms with Gasteiger partial charge in [0.2, 0.25) is 0 Å². The summed E-state index contributed by atoms with van der Waals surface area (Å²) in [6, 6.07) is 8.05. The van der Waals surface area contributed by atoms with E-state index in [0.29, 0.717) is 0 Å². The average molecular weight is 297 g/mol. The monoisotopic (exact) mass is 297 g/mol. The molecule has 22 heavy (non-hydrogen) atoms. The number of rotatable bonds is 4. The molecule has 0 unspecified atom stereocenters. The molecule has 0 atom stereocenters. The molecule has 0 radical (unpaired) electrons. The summed E-state index contributed by atoms with van der Waals surface area (Å²) in [5.41, 5.74) is 2.04. The molecular formula is C16H19N5O. The summed E-state index contributed by atoms with van der Waals surface area (Å²) < 4.78 is 6.96. The maximum Gasteiger partial charge on any atom is 0.163 e. The fraction of sp³-hybridized carbons (Fsp3) is 0.312. The number of anilines is 1. The van der Waals surface area contributed by atoms with Crippen LogP contribution in [0.5, 0.6) is 5.75 Å². The van der Waals surface area contributed by atoms with E-state index in [1.54, 1.807) is 11.8 Å². The zero-order chi connectivity index (χ0) is 15.7. The number of aryl methyl sites for hydroxylation is 2. The zero-order valence-electron chi connectivity index (χ0n) is 13.2. The van der Waals surface area contributed by atoms with E-state index >= 15 is 0 Å². The maximum atomic E-state index is 5.19. The second kappa shape index (κ2) is 5.63. The van der Waals surface area contributed by atoms with Crippen LogP contribution in [0, 0.1) is 6.92 Å². The van der Waals surface area contributed by atoms with Gasteiger partial charge < -0.3 is 9.64 Å². The minimum Gasteiger partial charge on any atom is -0.497 e. The van der Waals surface area contributed by atoms with E-state index in [0.717, 1.165) is 35.0 Å². The predicted octanol–water partition coefficient (Wildman–Crippen LogP) is 2.32. The molecule has 0 saturated carbocycles. The molecule has 0 amide bonds. The summed E-state index contributed by atoms with van der Waals surface area (Å²) in [5.74, 6) is 2.50. The van der Waals surface area contributed by atoms with Crippen LogP contribution in [0.15, 0.2) is 30.5 Å². The largest absolute Gasteiger partial charge is 0.497 e. The van der Waals surface area contributed by atoms with Gasteiger partial charge in [0.05, 0.1) is 18.7 Å². The normalized spacial score (nSPS) is 10.9. The fourth-order valence-corrected chi connectivity index (χ4v) is 2.48. The van der Waals surface area contributed by atoms with Crippen molar-refractivity contribution in [3.8, 4) is 5.75 Å². The highest BCUT2D eigenvalue weighted by molar-refractivity contribution is 5.86. The van der Waals surface area contributed by atoms with Crippen LogP contribution >= 0.6 is 0 Å². The third-order valence-electron chi connectivity index (χ3n) is 3.62. The van der Waals surface area contributed by atoms with Crippen molar-refractivity contribution in [1.29, 1.82) is 0 Å². The summed E-state index contributed by atoms with van der Waals surface area (Å²) in [7, 11) is 5.59. The SMILES string of the molecule is COc1ccc(CN(C)c2nc(C)nc3c2cnn3C)cc1. The first kappa shape index (κ1) is 14.3. The van der Waals surface area contributed by atoms with E-state index in [1.165, 1.54) is 5.56 Å². The van der Waals surface area contributed by atoms with Crippen molar-refractivity contribution in [2.24, 2.45) is 7.05 Å². The Labute approximate surface area is 129 Å². The Morgan fingerprint density at radius 1 is 1.18 bits per heavy atom.